The van der Waals surface area contributed by atoms with E-state index in [2.05, 4.69) is 20.3 Å². The van der Waals surface area contributed by atoms with Gasteiger partial charge in [0.05, 0.1) is 29.7 Å². The van der Waals surface area contributed by atoms with Crippen LogP contribution in [0.1, 0.15) is 18.4 Å². The van der Waals surface area contributed by atoms with Crippen LogP contribution in [0.4, 0.5) is 30.6 Å². The molecule has 3 aromatic rings. The molecule has 0 aliphatic carbocycles. The molecule has 4 rings (SSSR count). The average molecular weight is 419 g/mol. The van der Waals surface area contributed by atoms with Crippen LogP contribution in [0, 0.1) is 0 Å². The summed E-state index contributed by atoms with van der Waals surface area (Å²) in [6.45, 7) is 1.18. The van der Waals surface area contributed by atoms with Crippen molar-refractivity contribution in [1.82, 2.24) is 15.0 Å². The number of methoxy groups -OCH3 is 1. The fourth-order valence-electron chi connectivity index (χ4n) is 3.35. The van der Waals surface area contributed by atoms with Crippen LogP contribution in [0.2, 0.25) is 0 Å². The molecule has 7 nitrogen and oxygen atoms in total. The lowest BCUT2D eigenvalue weighted by Gasteiger charge is -2.30. The van der Waals surface area contributed by atoms with E-state index in [1.165, 1.54) is 13.2 Å². The second-order valence-corrected chi connectivity index (χ2v) is 7.06. The molecule has 3 heterocycles. The highest BCUT2D eigenvalue weighted by Gasteiger charge is 2.31. The summed E-state index contributed by atoms with van der Waals surface area (Å²) >= 11 is 0. The summed E-state index contributed by atoms with van der Waals surface area (Å²) in [6.07, 6.45) is -0.500. The summed E-state index contributed by atoms with van der Waals surface area (Å²) in [6, 6.07) is 5.13. The van der Waals surface area contributed by atoms with E-state index in [1.54, 1.807) is 18.5 Å². The van der Waals surface area contributed by atoms with Crippen molar-refractivity contribution in [2.45, 2.75) is 25.1 Å². The molecule has 0 bridgehead atoms. The highest BCUT2D eigenvalue weighted by molar-refractivity contribution is 5.91. The lowest BCUT2D eigenvalue weighted by Crippen LogP contribution is -2.36. The first-order valence-corrected chi connectivity index (χ1v) is 9.41. The third-order valence-electron chi connectivity index (χ3n) is 4.97. The zero-order chi connectivity index (χ0) is 21.3. The van der Waals surface area contributed by atoms with E-state index in [4.69, 9.17) is 4.74 Å². The summed E-state index contributed by atoms with van der Waals surface area (Å²) in [5, 5.41) is 13.3. The lowest BCUT2D eigenvalue weighted by atomic mass is 10.1. The van der Waals surface area contributed by atoms with Crippen molar-refractivity contribution in [2.24, 2.45) is 0 Å². The largest absolute Gasteiger partial charge is 0.497 e. The molecule has 0 amide bonds. The Morgan fingerprint density at radius 2 is 1.93 bits per heavy atom. The fourth-order valence-corrected chi connectivity index (χ4v) is 3.35. The standard InChI is InChI=1S/C20H20F3N5O2/c1-30-15-9-12(20(21,22)23)8-13(10-15)25-18-16-11-24-5-2-17(16)26-19(27-18)28-6-3-14(29)4-7-28/h2,5,8-11,14,29H,3-4,6-7H2,1H3,(H,25,26,27). The van der Waals surface area contributed by atoms with Crippen LogP contribution in [0.25, 0.3) is 10.9 Å². The van der Waals surface area contributed by atoms with Gasteiger partial charge in [-0.2, -0.15) is 18.2 Å². The molecule has 2 N–H and O–H groups in total. The van der Waals surface area contributed by atoms with Gasteiger partial charge in [0.2, 0.25) is 5.95 Å². The van der Waals surface area contributed by atoms with Crippen molar-refractivity contribution >= 4 is 28.4 Å². The number of aliphatic hydroxyl groups is 1. The Hall–Kier alpha value is -3.14. The van der Waals surface area contributed by atoms with Gasteiger partial charge in [-0.25, -0.2) is 4.98 Å². The monoisotopic (exact) mass is 419 g/mol. The molecule has 0 unspecified atom stereocenters. The Morgan fingerprint density at radius 3 is 2.63 bits per heavy atom. The molecule has 1 aliphatic rings. The first-order chi connectivity index (χ1) is 14.3. The van der Waals surface area contributed by atoms with Crippen molar-refractivity contribution in [3.63, 3.8) is 0 Å². The van der Waals surface area contributed by atoms with Gasteiger partial charge in [-0.05, 0) is 31.0 Å². The Morgan fingerprint density at radius 1 is 1.17 bits per heavy atom. The number of rotatable bonds is 4. The van der Waals surface area contributed by atoms with Gasteiger partial charge in [-0.15, -0.1) is 0 Å². The molecule has 0 radical (unpaired) electrons. The third-order valence-corrected chi connectivity index (χ3v) is 4.97. The predicted octanol–water partition coefficient (Wildman–Crippen LogP) is 3.76. The Bertz CT molecular complexity index is 1050. The predicted molar refractivity (Wildman–Crippen MR) is 106 cm³/mol. The van der Waals surface area contributed by atoms with E-state index >= 15 is 0 Å². The van der Waals surface area contributed by atoms with Gasteiger partial charge >= 0.3 is 6.18 Å². The van der Waals surface area contributed by atoms with Crippen molar-refractivity contribution in [1.29, 1.82) is 0 Å². The Kier molecular flexibility index (Phi) is 5.33. The lowest BCUT2D eigenvalue weighted by molar-refractivity contribution is -0.137. The van der Waals surface area contributed by atoms with Crippen LogP contribution in [0.3, 0.4) is 0 Å². The number of hydrogen-bond acceptors (Lipinski definition) is 7. The van der Waals surface area contributed by atoms with Gasteiger partial charge in [0.15, 0.2) is 0 Å². The van der Waals surface area contributed by atoms with Crippen LogP contribution in [-0.4, -0.2) is 46.4 Å². The molecule has 1 saturated heterocycles. The topological polar surface area (TPSA) is 83.4 Å². The van der Waals surface area contributed by atoms with E-state index in [-0.39, 0.29) is 17.5 Å². The number of fused-ring (bicyclic) bond motifs is 1. The summed E-state index contributed by atoms with van der Waals surface area (Å²) in [5.74, 6) is 0.867. The summed E-state index contributed by atoms with van der Waals surface area (Å²) < 4.78 is 44.8. The maximum Gasteiger partial charge on any atom is 0.416 e. The molecule has 0 spiro atoms. The Labute approximate surface area is 170 Å². The smallest absolute Gasteiger partial charge is 0.416 e. The minimum absolute atomic E-state index is 0.0778. The first kappa shape index (κ1) is 20.1. The quantitative estimate of drug-likeness (QED) is 0.666. The molecule has 0 saturated carbocycles. The normalized spacial score (nSPS) is 15.4. The number of aromatic nitrogens is 3. The zero-order valence-electron chi connectivity index (χ0n) is 16.1. The number of anilines is 3. The highest BCUT2D eigenvalue weighted by atomic mass is 19.4. The van der Waals surface area contributed by atoms with E-state index in [1.807, 2.05) is 4.90 Å². The van der Waals surface area contributed by atoms with Gasteiger partial charge in [-0.1, -0.05) is 0 Å². The molecule has 1 aromatic carbocycles. The number of pyridine rings is 1. The number of benzene rings is 1. The zero-order valence-corrected chi connectivity index (χ0v) is 16.1. The Balaban J connectivity index is 1.75. The molecule has 10 heteroatoms. The van der Waals surface area contributed by atoms with Gasteiger partial charge in [0.1, 0.15) is 11.6 Å². The van der Waals surface area contributed by atoms with Crippen molar-refractivity contribution < 1.29 is 23.0 Å². The average Bonchev–Trinajstić information content (AvgIpc) is 2.73. The molecule has 30 heavy (non-hydrogen) atoms. The van der Waals surface area contributed by atoms with Gasteiger partial charge < -0.3 is 20.1 Å². The third kappa shape index (κ3) is 4.23. The molecule has 158 valence electrons. The first-order valence-electron chi connectivity index (χ1n) is 9.41. The number of nitrogens with one attached hydrogen (secondary N) is 1. The van der Waals surface area contributed by atoms with Gasteiger partial charge in [0.25, 0.3) is 0 Å². The van der Waals surface area contributed by atoms with Crippen LogP contribution in [0.15, 0.2) is 36.7 Å². The van der Waals surface area contributed by atoms with Gasteiger partial charge in [0, 0.05) is 37.2 Å². The summed E-state index contributed by atoms with van der Waals surface area (Å²) in [7, 11) is 1.31. The van der Waals surface area contributed by atoms with Crippen molar-refractivity contribution in [2.75, 3.05) is 30.4 Å². The van der Waals surface area contributed by atoms with Crippen LogP contribution in [0.5, 0.6) is 5.75 Å². The van der Waals surface area contributed by atoms with Crippen molar-refractivity contribution in [3.05, 3.63) is 42.2 Å². The molecule has 1 fully saturated rings. The van der Waals surface area contributed by atoms with E-state index < -0.39 is 11.7 Å². The maximum absolute atomic E-state index is 13.3. The van der Waals surface area contributed by atoms with Gasteiger partial charge in [-0.3, -0.25) is 4.98 Å². The molecule has 2 aromatic heterocycles. The number of alkyl halides is 3. The van der Waals surface area contributed by atoms with E-state index in [0.29, 0.717) is 48.6 Å². The van der Waals surface area contributed by atoms with Crippen LogP contribution >= 0.6 is 0 Å². The number of hydrogen-bond donors (Lipinski definition) is 2. The van der Waals surface area contributed by atoms with E-state index in [0.717, 1.165) is 12.1 Å². The van der Waals surface area contributed by atoms with Crippen LogP contribution < -0.4 is 15.0 Å². The fraction of sp³-hybridized carbons (Fsp3) is 0.350. The molecule has 0 atom stereocenters. The second-order valence-electron chi connectivity index (χ2n) is 7.06. The van der Waals surface area contributed by atoms with Crippen molar-refractivity contribution in [3.8, 4) is 5.75 Å². The number of nitrogens with zero attached hydrogens (tertiary/aromatic N) is 4. The highest BCUT2D eigenvalue weighted by Crippen LogP contribution is 2.35. The molecule has 1 aliphatic heterocycles. The minimum Gasteiger partial charge on any atom is -0.497 e. The van der Waals surface area contributed by atoms with E-state index in [9.17, 15) is 18.3 Å². The number of aliphatic hydroxyl groups excluding tert-OH is 1. The minimum atomic E-state index is -4.51. The number of piperidine rings is 1. The SMILES string of the molecule is COc1cc(Nc2nc(N3CCC(O)CC3)nc3ccncc23)cc(C(F)(F)F)c1. The molecular weight excluding hydrogens is 399 g/mol. The second kappa shape index (κ2) is 7.94. The molecular formula is C20H20F3N5O2. The number of ether oxygens (including phenoxy) is 1. The van der Waals surface area contributed by atoms with Crippen LogP contribution in [-0.2, 0) is 6.18 Å². The summed E-state index contributed by atoms with van der Waals surface area (Å²) in [4.78, 5) is 15.2. The number of halogens is 3. The summed E-state index contributed by atoms with van der Waals surface area (Å²) in [5.41, 5.74) is -0.0285. The maximum atomic E-state index is 13.3.